The Balaban J connectivity index is 1.84. The monoisotopic (exact) mass is 275 g/mol. The van der Waals surface area contributed by atoms with Gasteiger partial charge in [-0.3, -0.25) is 4.90 Å². The summed E-state index contributed by atoms with van der Waals surface area (Å²) in [5.41, 5.74) is 8.34. The SMILES string of the molecule is CC(C)N1CCN(c2ccc(CCCCN)cc2)CC1. The number of unbranched alkanes of at least 4 members (excludes halogenated alkanes) is 1. The molecule has 0 bridgehead atoms. The molecule has 20 heavy (non-hydrogen) atoms. The van der Waals surface area contributed by atoms with E-state index in [-0.39, 0.29) is 0 Å². The maximum Gasteiger partial charge on any atom is 0.0367 e. The Hall–Kier alpha value is -1.06. The number of hydrogen-bond donors (Lipinski definition) is 1. The minimum Gasteiger partial charge on any atom is -0.369 e. The van der Waals surface area contributed by atoms with Crippen molar-refractivity contribution in [2.75, 3.05) is 37.6 Å². The largest absolute Gasteiger partial charge is 0.369 e. The molecule has 2 rings (SSSR count). The molecule has 0 spiro atoms. The highest BCUT2D eigenvalue weighted by molar-refractivity contribution is 5.48. The Morgan fingerprint density at radius 3 is 2.20 bits per heavy atom. The van der Waals surface area contributed by atoms with Crippen LogP contribution in [0.15, 0.2) is 24.3 Å². The van der Waals surface area contributed by atoms with Crippen molar-refractivity contribution in [1.82, 2.24) is 4.90 Å². The van der Waals surface area contributed by atoms with Crippen LogP contribution in [0.1, 0.15) is 32.3 Å². The zero-order valence-electron chi connectivity index (χ0n) is 13.0. The third-order valence-electron chi connectivity index (χ3n) is 4.27. The summed E-state index contributed by atoms with van der Waals surface area (Å²) in [6, 6.07) is 9.79. The van der Waals surface area contributed by atoms with Gasteiger partial charge in [0.1, 0.15) is 0 Å². The van der Waals surface area contributed by atoms with Crippen molar-refractivity contribution in [3.8, 4) is 0 Å². The van der Waals surface area contributed by atoms with Crippen LogP contribution in [0.2, 0.25) is 0 Å². The van der Waals surface area contributed by atoms with Crippen LogP contribution in [-0.2, 0) is 6.42 Å². The number of nitrogens with zero attached hydrogens (tertiary/aromatic N) is 2. The molecule has 1 heterocycles. The fraction of sp³-hybridized carbons (Fsp3) is 0.647. The first kappa shape index (κ1) is 15.3. The van der Waals surface area contributed by atoms with Crippen molar-refractivity contribution in [1.29, 1.82) is 0 Å². The number of rotatable bonds is 6. The molecule has 1 aliphatic rings. The van der Waals surface area contributed by atoms with Gasteiger partial charge in [0, 0.05) is 37.9 Å². The van der Waals surface area contributed by atoms with Gasteiger partial charge in [-0.25, -0.2) is 0 Å². The summed E-state index contributed by atoms with van der Waals surface area (Å²) in [5.74, 6) is 0. The molecule has 3 heteroatoms. The Morgan fingerprint density at radius 2 is 1.65 bits per heavy atom. The maximum absolute atomic E-state index is 5.54. The summed E-state index contributed by atoms with van der Waals surface area (Å²) in [6.07, 6.45) is 3.47. The zero-order chi connectivity index (χ0) is 14.4. The second-order valence-electron chi connectivity index (χ2n) is 6.03. The Labute approximate surface area is 123 Å². The molecule has 1 fully saturated rings. The van der Waals surface area contributed by atoms with E-state index in [4.69, 9.17) is 5.73 Å². The van der Waals surface area contributed by atoms with E-state index in [0.29, 0.717) is 6.04 Å². The number of nitrogens with two attached hydrogens (primary N) is 1. The molecule has 0 radical (unpaired) electrons. The van der Waals surface area contributed by atoms with Crippen molar-refractivity contribution >= 4 is 5.69 Å². The fourth-order valence-corrected chi connectivity index (χ4v) is 2.84. The van der Waals surface area contributed by atoms with Crippen LogP contribution < -0.4 is 10.6 Å². The van der Waals surface area contributed by atoms with E-state index in [1.54, 1.807) is 0 Å². The first-order chi connectivity index (χ1) is 9.70. The molecule has 1 aliphatic heterocycles. The normalized spacial score (nSPS) is 16.9. The summed E-state index contributed by atoms with van der Waals surface area (Å²) >= 11 is 0. The Morgan fingerprint density at radius 1 is 1.00 bits per heavy atom. The van der Waals surface area contributed by atoms with Gasteiger partial charge in [-0.15, -0.1) is 0 Å². The van der Waals surface area contributed by atoms with Gasteiger partial charge >= 0.3 is 0 Å². The number of hydrogen-bond acceptors (Lipinski definition) is 3. The van der Waals surface area contributed by atoms with E-state index in [2.05, 4.69) is 47.9 Å². The first-order valence-electron chi connectivity index (χ1n) is 7.98. The minimum atomic E-state index is 0.669. The quantitative estimate of drug-likeness (QED) is 0.810. The minimum absolute atomic E-state index is 0.669. The lowest BCUT2D eigenvalue weighted by Crippen LogP contribution is -2.48. The average molecular weight is 275 g/mol. The van der Waals surface area contributed by atoms with Gasteiger partial charge in [0.15, 0.2) is 0 Å². The Kier molecular flexibility index (Phi) is 5.86. The highest BCUT2D eigenvalue weighted by atomic mass is 15.3. The van der Waals surface area contributed by atoms with Crippen LogP contribution in [0.25, 0.3) is 0 Å². The van der Waals surface area contributed by atoms with Crippen molar-refractivity contribution in [2.45, 2.75) is 39.2 Å². The van der Waals surface area contributed by atoms with Crippen LogP contribution >= 0.6 is 0 Å². The topological polar surface area (TPSA) is 32.5 Å². The van der Waals surface area contributed by atoms with Crippen molar-refractivity contribution in [2.24, 2.45) is 5.73 Å². The molecular weight excluding hydrogens is 246 g/mol. The predicted octanol–water partition coefficient (Wildman–Crippen LogP) is 2.50. The standard InChI is InChI=1S/C17H29N3/c1-15(2)19-11-13-20(14-12-19)17-8-6-16(7-9-17)5-3-4-10-18/h6-9,15H,3-5,10-14,18H2,1-2H3. The second-order valence-corrected chi connectivity index (χ2v) is 6.03. The molecule has 112 valence electrons. The maximum atomic E-state index is 5.54. The molecule has 0 saturated carbocycles. The summed E-state index contributed by atoms with van der Waals surface area (Å²) in [7, 11) is 0. The molecule has 1 aromatic rings. The summed E-state index contributed by atoms with van der Waals surface area (Å²) in [4.78, 5) is 5.06. The number of aryl methyl sites for hydroxylation is 1. The van der Waals surface area contributed by atoms with E-state index < -0.39 is 0 Å². The van der Waals surface area contributed by atoms with E-state index in [1.165, 1.54) is 30.8 Å². The number of anilines is 1. The highest BCUT2D eigenvalue weighted by Crippen LogP contribution is 2.18. The van der Waals surface area contributed by atoms with Gasteiger partial charge in [0.25, 0.3) is 0 Å². The van der Waals surface area contributed by atoms with Gasteiger partial charge in [0.2, 0.25) is 0 Å². The van der Waals surface area contributed by atoms with Gasteiger partial charge in [-0.1, -0.05) is 12.1 Å². The Bertz CT molecular complexity index is 378. The van der Waals surface area contributed by atoms with Crippen molar-refractivity contribution in [3.63, 3.8) is 0 Å². The van der Waals surface area contributed by atoms with Gasteiger partial charge in [-0.2, -0.15) is 0 Å². The lowest BCUT2D eigenvalue weighted by Gasteiger charge is -2.38. The molecular formula is C17H29N3. The van der Waals surface area contributed by atoms with Crippen LogP contribution in [-0.4, -0.2) is 43.7 Å². The third kappa shape index (κ3) is 4.22. The van der Waals surface area contributed by atoms with Crippen molar-refractivity contribution in [3.05, 3.63) is 29.8 Å². The lowest BCUT2D eigenvalue weighted by atomic mass is 10.1. The second kappa shape index (κ2) is 7.65. The van der Waals surface area contributed by atoms with Crippen LogP contribution in [0.4, 0.5) is 5.69 Å². The molecule has 1 aromatic carbocycles. The highest BCUT2D eigenvalue weighted by Gasteiger charge is 2.18. The van der Waals surface area contributed by atoms with E-state index in [0.717, 1.165) is 32.5 Å². The summed E-state index contributed by atoms with van der Waals surface area (Å²) in [5, 5.41) is 0. The molecule has 2 N–H and O–H groups in total. The zero-order valence-corrected chi connectivity index (χ0v) is 13.0. The predicted molar refractivity (Wildman–Crippen MR) is 87.4 cm³/mol. The van der Waals surface area contributed by atoms with Gasteiger partial charge in [-0.05, 0) is 57.4 Å². The molecule has 0 aromatic heterocycles. The summed E-state index contributed by atoms with van der Waals surface area (Å²) in [6.45, 7) is 10.0. The fourth-order valence-electron chi connectivity index (χ4n) is 2.84. The average Bonchev–Trinajstić information content (AvgIpc) is 2.48. The van der Waals surface area contributed by atoms with Gasteiger partial charge < -0.3 is 10.6 Å². The van der Waals surface area contributed by atoms with Crippen LogP contribution in [0.5, 0.6) is 0 Å². The smallest absolute Gasteiger partial charge is 0.0367 e. The molecule has 0 aliphatic carbocycles. The third-order valence-corrected chi connectivity index (χ3v) is 4.27. The molecule has 3 nitrogen and oxygen atoms in total. The number of benzene rings is 1. The van der Waals surface area contributed by atoms with Crippen molar-refractivity contribution < 1.29 is 0 Å². The van der Waals surface area contributed by atoms with E-state index in [1.807, 2.05) is 0 Å². The number of piperazine rings is 1. The molecule has 1 saturated heterocycles. The van der Waals surface area contributed by atoms with E-state index >= 15 is 0 Å². The summed E-state index contributed by atoms with van der Waals surface area (Å²) < 4.78 is 0. The van der Waals surface area contributed by atoms with Crippen LogP contribution in [0.3, 0.4) is 0 Å². The molecule has 0 atom stereocenters. The molecule has 0 amide bonds. The van der Waals surface area contributed by atoms with Gasteiger partial charge in [0.05, 0.1) is 0 Å². The van der Waals surface area contributed by atoms with Crippen LogP contribution in [0, 0.1) is 0 Å². The first-order valence-corrected chi connectivity index (χ1v) is 7.98. The molecule has 0 unspecified atom stereocenters. The van der Waals surface area contributed by atoms with E-state index in [9.17, 15) is 0 Å². The lowest BCUT2D eigenvalue weighted by molar-refractivity contribution is 0.209.